The Bertz CT molecular complexity index is 3130. The minimum atomic E-state index is -5.20. The summed E-state index contributed by atoms with van der Waals surface area (Å²) in [5, 5.41) is 47.5. The van der Waals surface area contributed by atoms with E-state index in [0.717, 1.165) is 0 Å². The van der Waals surface area contributed by atoms with E-state index in [4.69, 9.17) is 17.2 Å². The zero-order valence-electron chi connectivity index (χ0n) is 32.6. The number of sulfonamides is 1. The zero-order valence-corrected chi connectivity index (χ0v) is 39.0. The quantitative estimate of drug-likeness (QED) is 0.0245. The third-order valence-electron chi connectivity index (χ3n) is 8.11. The van der Waals surface area contributed by atoms with Crippen LogP contribution in [0.2, 0.25) is 0 Å². The van der Waals surface area contributed by atoms with Gasteiger partial charge in [-0.2, -0.15) is 32.2 Å². The van der Waals surface area contributed by atoms with Gasteiger partial charge in [0.25, 0.3) is 30.3 Å². The molecule has 0 fully saturated rings. The van der Waals surface area contributed by atoms with Crippen LogP contribution in [0.15, 0.2) is 153 Å². The van der Waals surface area contributed by atoms with Crippen LogP contribution in [0, 0.1) is 0 Å². The summed E-state index contributed by atoms with van der Waals surface area (Å²) < 4.78 is 98.4. The second kappa shape index (κ2) is 19.8. The molecule has 9 N–H and O–H groups in total. The Hall–Kier alpha value is -5.38. The molecule has 0 amide bonds. The van der Waals surface area contributed by atoms with E-state index in [1.54, 1.807) is 12.1 Å². The Morgan fingerprint density at radius 1 is 0.613 bits per heavy atom. The Morgan fingerprint density at radius 2 is 1.08 bits per heavy atom. The first kappa shape index (κ1) is 49.3. The van der Waals surface area contributed by atoms with Gasteiger partial charge in [0.1, 0.15) is 21.2 Å². The molecule has 0 unspecified atom stereocenters. The molecule has 0 saturated heterocycles. The molecule has 0 radical (unpaired) electrons. The Morgan fingerprint density at radius 3 is 1.60 bits per heavy atom. The average molecular weight is 918 g/mol. The van der Waals surface area contributed by atoms with E-state index in [1.165, 1.54) is 85.8 Å². The third-order valence-corrected chi connectivity index (χ3v) is 11.2. The molecule has 0 spiro atoms. The van der Waals surface area contributed by atoms with Crippen LogP contribution in [0.3, 0.4) is 0 Å². The molecule has 21 nitrogen and oxygen atoms in total. The Balaban J connectivity index is 0.00000422. The van der Waals surface area contributed by atoms with Gasteiger partial charge >= 0.3 is 59.1 Å². The predicted molar refractivity (Wildman–Crippen MR) is 218 cm³/mol. The van der Waals surface area contributed by atoms with Gasteiger partial charge in [-0.1, -0.05) is 5.75 Å². The van der Waals surface area contributed by atoms with Gasteiger partial charge < -0.3 is 27.4 Å². The van der Waals surface area contributed by atoms with Crippen molar-refractivity contribution in [3.63, 3.8) is 0 Å². The second-order valence-corrected chi connectivity index (χ2v) is 16.9. The van der Waals surface area contributed by atoms with Crippen molar-refractivity contribution in [2.24, 2.45) is 35.7 Å². The molecule has 62 heavy (non-hydrogen) atoms. The molecule has 0 aliphatic heterocycles. The second-order valence-electron chi connectivity index (χ2n) is 12.4. The fourth-order valence-corrected chi connectivity index (χ4v) is 7.74. The van der Waals surface area contributed by atoms with E-state index >= 15 is 0 Å². The van der Waals surface area contributed by atoms with Gasteiger partial charge in [0.15, 0.2) is 0 Å². The summed E-state index contributed by atoms with van der Waals surface area (Å²) in [5.74, 6) is -1.70. The molecule has 0 bridgehead atoms. The van der Waals surface area contributed by atoms with Crippen molar-refractivity contribution in [1.82, 2.24) is 0 Å². The van der Waals surface area contributed by atoms with Gasteiger partial charge in [-0.25, -0.2) is 8.42 Å². The van der Waals surface area contributed by atoms with Crippen LogP contribution in [-0.2, 0) is 30.3 Å². The van der Waals surface area contributed by atoms with E-state index in [9.17, 15) is 44.6 Å². The van der Waals surface area contributed by atoms with Gasteiger partial charge in [-0.05, 0) is 121 Å². The SMILES string of the molecule is CC([O-])=Nc1ccc(N=Nc2c(S(=O)(=O)O)cc3cc(S(=O)(=O)O)c(N=Nc4ccc(S(=O)(=O)Nc5ccc(N=Nc6ccc(N)cc6N)cc5)cc4)c(N)c3c2[O-])cc1.[Na+].[Na+]. The molecule has 26 heteroatoms. The first-order chi connectivity index (χ1) is 28.2. The summed E-state index contributed by atoms with van der Waals surface area (Å²) >= 11 is 0. The fourth-order valence-electron chi connectivity index (χ4n) is 5.36. The van der Waals surface area contributed by atoms with Crippen LogP contribution in [-0.4, -0.2) is 40.3 Å². The van der Waals surface area contributed by atoms with Crippen molar-refractivity contribution in [3.8, 4) is 5.75 Å². The van der Waals surface area contributed by atoms with E-state index in [2.05, 4.69) is 40.4 Å². The number of hydrogen-bond donors (Lipinski definition) is 6. The van der Waals surface area contributed by atoms with Crippen LogP contribution in [0.25, 0.3) is 10.8 Å². The van der Waals surface area contributed by atoms with Crippen LogP contribution in [0.1, 0.15) is 6.92 Å². The van der Waals surface area contributed by atoms with Gasteiger partial charge in [-0.15, -0.1) is 15.3 Å². The number of aliphatic imine (C=N–C) groups is 1. The zero-order chi connectivity index (χ0) is 43.6. The fraction of sp³-hybridized carbons (Fsp3) is 0.0278. The van der Waals surface area contributed by atoms with Gasteiger partial charge in [0.05, 0.1) is 44.7 Å². The maximum Gasteiger partial charge on any atom is 1.00 e. The molecular weight excluding hydrogens is 889 g/mol. The van der Waals surface area contributed by atoms with E-state index in [0.29, 0.717) is 34.9 Å². The number of nitrogens with one attached hydrogen (secondary N) is 1. The molecule has 308 valence electrons. The molecule has 6 aromatic rings. The van der Waals surface area contributed by atoms with Crippen molar-refractivity contribution in [2.75, 3.05) is 21.9 Å². The van der Waals surface area contributed by atoms with Crippen LogP contribution >= 0.6 is 0 Å². The molecule has 0 aliphatic rings. The topological polar surface area (TPSA) is 366 Å². The molecular formula is C36H29N11Na2O10S3. The van der Waals surface area contributed by atoms with Gasteiger partial charge in [-0.3, -0.25) is 18.8 Å². The minimum absolute atomic E-state index is 0. The monoisotopic (exact) mass is 917 g/mol. The number of nitrogens with two attached hydrogens (primary N) is 3. The van der Waals surface area contributed by atoms with E-state index in [1.807, 2.05) is 0 Å². The molecule has 0 heterocycles. The normalized spacial score (nSPS) is 12.5. The number of nitrogens with zero attached hydrogens (tertiary/aromatic N) is 7. The van der Waals surface area contributed by atoms with Crippen molar-refractivity contribution in [2.45, 2.75) is 21.6 Å². The smallest absolute Gasteiger partial charge is 0.870 e. The average Bonchev–Trinajstić information content (AvgIpc) is 3.16. The van der Waals surface area contributed by atoms with Crippen molar-refractivity contribution in [3.05, 3.63) is 103 Å². The van der Waals surface area contributed by atoms with Crippen molar-refractivity contribution in [1.29, 1.82) is 0 Å². The summed E-state index contributed by atoms with van der Waals surface area (Å²) in [7, 11) is -14.5. The summed E-state index contributed by atoms with van der Waals surface area (Å²) in [4.78, 5) is 1.47. The van der Waals surface area contributed by atoms with E-state index in [-0.39, 0.29) is 86.8 Å². The largest absolute Gasteiger partial charge is 1.00 e. The maximum absolute atomic E-state index is 13.8. The van der Waals surface area contributed by atoms with Gasteiger partial charge in [0.2, 0.25) is 0 Å². The summed E-state index contributed by atoms with van der Waals surface area (Å²) in [6, 6.07) is 22.3. The number of rotatable bonds is 12. The predicted octanol–water partition coefficient (Wildman–Crippen LogP) is 0.619. The Kier molecular flexibility index (Phi) is 15.7. The molecule has 0 aromatic heterocycles. The molecule has 6 rings (SSSR count). The Labute approximate surface area is 397 Å². The number of benzene rings is 6. The standard InChI is InChI=1S/C36H31N11O10S3.2Na/c1-19(48)40-22-3-5-24(6-4-22)43-46-35-31(60(55,56)57)17-20-16-30(59(52,53)54)34(33(39)32(20)36(35)49)45-42-25-11-13-27(14-12-25)58(50,51)47-26-9-7-23(8-10-26)41-44-29-15-2-21(37)18-28(29)38;;/h2-18,47,49H,37-39H2,1H3,(H,40,48)(H,52,53,54)(H,55,56,57);;/q;2*+1/p-2. The molecule has 0 saturated carbocycles. The van der Waals surface area contributed by atoms with E-state index < -0.39 is 79.5 Å². The summed E-state index contributed by atoms with van der Waals surface area (Å²) in [5.41, 5.74) is 17.6. The maximum atomic E-state index is 13.8. The molecule has 6 aromatic carbocycles. The molecule has 0 atom stereocenters. The number of nitrogen functional groups attached to an aromatic ring is 3. The van der Waals surface area contributed by atoms with Crippen molar-refractivity contribution < 1.29 is 104 Å². The number of anilines is 4. The third kappa shape index (κ3) is 11.7. The van der Waals surface area contributed by atoms with Crippen LogP contribution in [0.4, 0.5) is 62.6 Å². The first-order valence-electron chi connectivity index (χ1n) is 16.7. The van der Waals surface area contributed by atoms with Crippen LogP contribution in [0.5, 0.6) is 5.75 Å². The summed E-state index contributed by atoms with van der Waals surface area (Å²) in [6.07, 6.45) is 0. The number of hydrogen-bond acceptors (Lipinski definition) is 18. The van der Waals surface area contributed by atoms with Crippen molar-refractivity contribution >= 4 is 109 Å². The first-order valence-corrected chi connectivity index (χ1v) is 21.1. The number of fused-ring (bicyclic) bond motifs is 1. The van der Waals surface area contributed by atoms with Crippen LogP contribution < -0.4 is 91.3 Å². The summed E-state index contributed by atoms with van der Waals surface area (Å²) in [6.45, 7) is 1.24. The molecule has 0 aliphatic carbocycles. The van der Waals surface area contributed by atoms with Gasteiger partial charge in [0, 0.05) is 16.8 Å². The number of azo groups is 3. The minimum Gasteiger partial charge on any atom is -0.870 e.